The van der Waals surface area contributed by atoms with Gasteiger partial charge in [0.25, 0.3) is 0 Å². The summed E-state index contributed by atoms with van der Waals surface area (Å²) in [5.74, 6) is 0.129. The van der Waals surface area contributed by atoms with Crippen molar-refractivity contribution in [3.8, 4) is 11.3 Å². The van der Waals surface area contributed by atoms with Crippen molar-refractivity contribution in [3.05, 3.63) is 59.8 Å². The maximum absolute atomic E-state index is 10.9. The van der Waals surface area contributed by atoms with Crippen LogP contribution in [-0.4, -0.2) is 24.9 Å². The molecule has 110 valence electrons. The average Bonchev–Trinajstić information content (AvgIpc) is 3.23. The number of nitrogens with one attached hydrogen (secondary N) is 1. The van der Waals surface area contributed by atoms with Crippen molar-refractivity contribution in [2.75, 3.05) is 0 Å². The first-order valence-electron chi connectivity index (χ1n) is 7.66. The first-order valence-corrected chi connectivity index (χ1v) is 7.66. The number of hydrogen-bond acceptors (Lipinski definition) is 3. The van der Waals surface area contributed by atoms with Crippen molar-refractivity contribution in [2.24, 2.45) is 5.92 Å². The van der Waals surface area contributed by atoms with Crippen LogP contribution in [0, 0.1) is 5.92 Å². The maximum atomic E-state index is 10.9. The molecule has 22 heavy (non-hydrogen) atoms. The van der Waals surface area contributed by atoms with E-state index in [2.05, 4.69) is 44.0 Å². The Bertz CT molecular complexity index is 850. The second kappa shape index (κ2) is 4.30. The van der Waals surface area contributed by atoms with E-state index in [4.69, 9.17) is 0 Å². The fourth-order valence-corrected chi connectivity index (χ4v) is 4.11. The molecule has 3 heterocycles. The summed E-state index contributed by atoms with van der Waals surface area (Å²) in [4.78, 5) is 4.31. The van der Waals surface area contributed by atoms with Crippen LogP contribution in [0.25, 0.3) is 11.3 Å². The van der Waals surface area contributed by atoms with E-state index in [9.17, 15) is 5.11 Å². The molecule has 5 rings (SSSR count). The molecule has 0 unspecified atom stereocenters. The van der Waals surface area contributed by atoms with Crippen LogP contribution < -0.4 is 0 Å². The van der Waals surface area contributed by atoms with Crippen molar-refractivity contribution in [2.45, 2.75) is 25.0 Å². The highest BCUT2D eigenvalue weighted by atomic mass is 16.3. The summed E-state index contributed by atoms with van der Waals surface area (Å²) in [6.45, 7) is 0. The summed E-state index contributed by atoms with van der Waals surface area (Å²) in [7, 11) is 0. The summed E-state index contributed by atoms with van der Waals surface area (Å²) >= 11 is 0. The number of hydrogen-bond donors (Lipinski definition) is 2. The number of fused-ring (bicyclic) bond motifs is 4. The van der Waals surface area contributed by atoms with Gasteiger partial charge in [-0.1, -0.05) is 24.3 Å². The summed E-state index contributed by atoms with van der Waals surface area (Å²) in [5.41, 5.74) is 5.67. The fraction of sp³-hybridized carbons (Fsp3) is 0.294. The number of imidazole rings is 1. The normalized spacial score (nSPS) is 25.6. The number of aromatic amines is 1. The molecular formula is C17H16N4O. The summed E-state index contributed by atoms with van der Waals surface area (Å²) < 4.78 is 2.21. The van der Waals surface area contributed by atoms with Gasteiger partial charge in [0.05, 0.1) is 36.2 Å². The van der Waals surface area contributed by atoms with E-state index >= 15 is 0 Å². The summed E-state index contributed by atoms with van der Waals surface area (Å²) in [6, 6.07) is 8.58. The molecule has 2 aromatic heterocycles. The van der Waals surface area contributed by atoms with Gasteiger partial charge in [-0.15, -0.1) is 0 Å². The first kappa shape index (κ1) is 12.2. The third kappa shape index (κ3) is 1.46. The molecule has 1 aliphatic carbocycles. The lowest BCUT2D eigenvalue weighted by molar-refractivity contribution is 0.0684. The zero-order valence-corrected chi connectivity index (χ0v) is 12.0. The molecule has 0 amide bonds. The number of aliphatic hydroxyl groups excluding tert-OH is 1. The van der Waals surface area contributed by atoms with Gasteiger partial charge in [-0.2, -0.15) is 5.10 Å². The molecule has 3 atom stereocenters. The SMILES string of the molecule is O[C@@H]1c2[nH]ncc2CC[C@@H]1[C@H]1c2ccccc2-c2cncn21. The van der Waals surface area contributed by atoms with E-state index in [1.165, 1.54) is 11.1 Å². The van der Waals surface area contributed by atoms with Gasteiger partial charge in [0.2, 0.25) is 0 Å². The molecule has 5 heteroatoms. The van der Waals surface area contributed by atoms with E-state index in [0.717, 1.165) is 29.8 Å². The Labute approximate surface area is 127 Å². The number of nitrogens with zero attached hydrogens (tertiary/aromatic N) is 3. The molecule has 0 bridgehead atoms. The minimum Gasteiger partial charge on any atom is -0.386 e. The monoisotopic (exact) mass is 292 g/mol. The number of H-pyrrole nitrogens is 1. The Balaban J connectivity index is 1.65. The third-order valence-corrected chi connectivity index (χ3v) is 5.13. The Hall–Kier alpha value is -2.40. The smallest absolute Gasteiger partial charge is 0.101 e. The van der Waals surface area contributed by atoms with Crippen LogP contribution in [0.15, 0.2) is 43.0 Å². The molecule has 0 radical (unpaired) electrons. The third-order valence-electron chi connectivity index (χ3n) is 5.13. The zero-order chi connectivity index (χ0) is 14.7. The van der Waals surface area contributed by atoms with Gasteiger partial charge in [-0.05, 0) is 24.0 Å². The number of aryl methyl sites for hydroxylation is 1. The van der Waals surface area contributed by atoms with Crippen molar-refractivity contribution in [1.29, 1.82) is 0 Å². The average molecular weight is 292 g/mol. The van der Waals surface area contributed by atoms with E-state index < -0.39 is 6.10 Å². The lowest BCUT2D eigenvalue weighted by Crippen LogP contribution is -2.28. The largest absolute Gasteiger partial charge is 0.386 e. The maximum Gasteiger partial charge on any atom is 0.101 e. The summed E-state index contributed by atoms with van der Waals surface area (Å²) in [5, 5.41) is 17.9. The minimum absolute atomic E-state index is 0.129. The van der Waals surface area contributed by atoms with Gasteiger partial charge in [0.1, 0.15) is 6.10 Å². The molecule has 0 saturated heterocycles. The Morgan fingerprint density at radius 1 is 1.23 bits per heavy atom. The molecule has 2 N–H and O–H groups in total. The van der Waals surface area contributed by atoms with Crippen molar-refractivity contribution < 1.29 is 5.11 Å². The first-order chi connectivity index (χ1) is 10.8. The second-order valence-electron chi connectivity index (χ2n) is 6.17. The van der Waals surface area contributed by atoms with Gasteiger partial charge >= 0.3 is 0 Å². The van der Waals surface area contributed by atoms with E-state index in [1.54, 1.807) is 0 Å². The van der Waals surface area contributed by atoms with E-state index in [0.29, 0.717) is 0 Å². The molecular weight excluding hydrogens is 276 g/mol. The Morgan fingerprint density at radius 2 is 2.14 bits per heavy atom. The van der Waals surface area contributed by atoms with Crippen LogP contribution >= 0.6 is 0 Å². The molecule has 1 aromatic carbocycles. The minimum atomic E-state index is -0.516. The van der Waals surface area contributed by atoms with E-state index in [1.807, 2.05) is 18.7 Å². The van der Waals surface area contributed by atoms with Crippen LogP contribution in [0.2, 0.25) is 0 Å². The lowest BCUT2D eigenvalue weighted by Gasteiger charge is -2.33. The van der Waals surface area contributed by atoms with Crippen LogP contribution in [0.5, 0.6) is 0 Å². The van der Waals surface area contributed by atoms with Crippen LogP contribution in [0.3, 0.4) is 0 Å². The van der Waals surface area contributed by atoms with Gasteiger partial charge in [0, 0.05) is 11.5 Å². The van der Waals surface area contributed by atoms with Crippen LogP contribution in [0.1, 0.15) is 35.4 Å². The topological polar surface area (TPSA) is 66.7 Å². The molecule has 2 aliphatic rings. The quantitative estimate of drug-likeness (QED) is 0.724. The van der Waals surface area contributed by atoms with Crippen LogP contribution in [0.4, 0.5) is 0 Å². The number of benzene rings is 1. The van der Waals surface area contributed by atoms with Crippen molar-refractivity contribution in [1.82, 2.24) is 19.7 Å². The van der Waals surface area contributed by atoms with Gasteiger partial charge in [0.15, 0.2) is 0 Å². The highest BCUT2D eigenvalue weighted by Crippen LogP contribution is 2.49. The second-order valence-corrected chi connectivity index (χ2v) is 6.17. The highest BCUT2D eigenvalue weighted by molar-refractivity contribution is 5.69. The predicted molar refractivity (Wildman–Crippen MR) is 81.2 cm³/mol. The molecule has 0 saturated carbocycles. The number of aliphatic hydroxyl groups is 1. The van der Waals surface area contributed by atoms with Crippen LogP contribution in [-0.2, 0) is 6.42 Å². The number of rotatable bonds is 1. The molecule has 5 nitrogen and oxygen atoms in total. The molecule has 0 fully saturated rings. The number of aromatic nitrogens is 4. The Kier molecular flexibility index (Phi) is 2.38. The van der Waals surface area contributed by atoms with Gasteiger partial charge in [-0.3, -0.25) is 5.10 Å². The molecule has 3 aromatic rings. The van der Waals surface area contributed by atoms with Crippen molar-refractivity contribution >= 4 is 0 Å². The summed E-state index contributed by atoms with van der Waals surface area (Å²) in [6.07, 6.45) is 7.02. The highest BCUT2D eigenvalue weighted by Gasteiger charge is 2.41. The van der Waals surface area contributed by atoms with Gasteiger partial charge in [-0.25, -0.2) is 4.98 Å². The van der Waals surface area contributed by atoms with Crippen molar-refractivity contribution in [3.63, 3.8) is 0 Å². The Morgan fingerprint density at radius 3 is 3.09 bits per heavy atom. The van der Waals surface area contributed by atoms with E-state index in [-0.39, 0.29) is 12.0 Å². The fourth-order valence-electron chi connectivity index (χ4n) is 4.11. The van der Waals surface area contributed by atoms with Gasteiger partial charge < -0.3 is 9.67 Å². The predicted octanol–water partition coefficient (Wildman–Crippen LogP) is 2.47. The lowest BCUT2D eigenvalue weighted by atomic mass is 9.78. The molecule has 0 spiro atoms. The zero-order valence-electron chi connectivity index (χ0n) is 12.0. The molecule has 1 aliphatic heterocycles. The standard InChI is InChI=1S/C17H16N4O/c22-17-13(6-5-10-7-19-20-15(10)17)16-12-4-2-1-3-11(12)14-8-18-9-21(14)16/h1-4,7-9,13,16-17,22H,5-6H2,(H,19,20)/t13-,16-,17+/m1/s1.